The Balaban J connectivity index is 2.10. The van der Waals surface area contributed by atoms with Crippen molar-refractivity contribution in [2.45, 2.75) is 32.7 Å². The van der Waals surface area contributed by atoms with Gasteiger partial charge in [0.2, 0.25) is 0 Å². The van der Waals surface area contributed by atoms with Crippen molar-refractivity contribution in [1.29, 1.82) is 0 Å². The maximum absolute atomic E-state index is 8.86. The highest BCUT2D eigenvalue weighted by atomic mass is 16.3. The Hall–Kier alpha value is -0.870. The molecule has 0 fully saturated rings. The number of nitrogens with zero attached hydrogens (tertiary/aromatic N) is 1. The average Bonchev–Trinajstić information content (AvgIpc) is 2.77. The number of H-pyrrole nitrogens is 1. The highest BCUT2D eigenvalue weighted by molar-refractivity contribution is 5.02. The molecule has 0 bridgehead atoms. The number of aromatic nitrogens is 2. The predicted octanol–water partition coefficient (Wildman–Crippen LogP) is 1.47. The number of hydrogen-bond donors (Lipinski definition) is 3. The number of hydrogen-bond acceptors (Lipinski definition) is 3. The summed E-state index contributed by atoms with van der Waals surface area (Å²) in [5.74, 6) is 0.411. The Labute approximate surface area is 91.1 Å². The van der Waals surface area contributed by atoms with Crippen molar-refractivity contribution in [3.05, 3.63) is 18.0 Å². The molecule has 3 N–H and O–H groups in total. The summed E-state index contributed by atoms with van der Waals surface area (Å²) >= 11 is 0. The van der Waals surface area contributed by atoms with Gasteiger partial charge in [-0.05, 0) is 38.3 Å². The van der Waals surface area contributed by atoms with Gasteiger partial charge >= 0.3 is 0 Å². The van der Waals surface area contributed by atoms with Crippen LogP contribution >= 0.6 is 0 Å². The highest BCUT2D eigenvalue weighted by Gasteiger charge is 2.05. The first-order valence-electron chi connectivity index (χ1n) is 5.57. The lowest BCUT2D eigenvalue weighted by Gasteiger charge is -2.12. The van der Waals surface area contributed by atoms with Crippen LogP contribution in [0.15, 0.2) is 12.3 Å². The summed E-state index contributed by atoms with van der Waals surface area (Å²) in [6.07, 6.45) is 3.93. The maximum Gasteiger partial charge on any atom is 0.0518 e. The summed E-state index contributed by atoms with van der Waals surface area (Å²) in [6, 6.07) is 2.30. The second-order valence-electron chi connectivity index (χ2n) is 4.12. The molecule has 4 heteroatoms. The molecule has 0 aliphatic rings. The van der Waals surface area contributed by atoms with E-state index < -0.39 is 0 Å². The molecule has 1 rings (SSSR count). The van der Waals surface area contributed by atoms with Crippen LogP contribution < -0.4 is 5.32 Å². The standard InChI is InChI=1S/C11H21N3O/c1-9(8-15)4-3-6-12-10(2)11-5-7-13-14-11/h5,7,9-10,12,15H,3-4,6,8H2,1-2H3,(H,13,14). The van der Waals surface area contributed by atoms with Gasteiger partial charge in [0.05, 0.1) is 5.69 Å². The number of nitrogens with one attached hydrogen (secondary N) is 2. The van der Waals surface area contributed by atoms with E-state index in [2.05, 4.69) is 29.4 Å². The van der Waals surface area contributed by atoms with Gasteiger partial charge < -0.3 is 10.4 Å². The van der Waals surface area contributed by atoms with Crippen LogP contribution in [0.2, 0.25) is 0 Å². The minimum absolute atomic E-state index is 0.288. The van der Waals surface area contributed by atoms with Crippen molar-refractivity contribution in [3.8, 4) is 0 Å². The number of aromatic amines is 1. The summed E-state index contributed by atoms with van der Waals surface area (Å²) in [4.78, 5) is 0. The number of aliphatic hydroxyl groups excluding tert-OH is 1. The lowest BCUT2D eigenvalue weighted by molar-refractivity contribution is 0.227. The Morgan fingerprint density at radius 2 is 2.33 bits per heavy atom. The first-order valence-corrected chi connectivity index (χ1v) is 5.57. The molecule has 0 saturated heterocycles. The van der Waals surface area contributed by atoms with E-state index in [1.807, 2.05) is 6.07 Å². The van der Waals surface area contributed by atoms with Gasteiger partial charge in [0.25, 0.3) is 0 Å². The molecule has 0 saturated carbocycles. The summed E-state index contributed by atoms with van der Waals surface area (Å²) in [6.45, 7) is 5.45. The van der Waals surface area contributed by atoms with Crippen molar-refractivity contribution in [3.63, 3.8) is 0 Å². The molecular formula is C11H21N3O. The van der Waals surface area contributed by atoms with Crippen molar-refractivity contribution in [2.24, 2.45) is 5.92 Å². The van der Waals surface area contributed by atoms with Gasteiger partial charge in [0.15, 0.2) is 0 Å². The second kappa shape index (κ2) is 6.58. The van der Waals surface area contributed by atoms with Gasteiger partial charge in [0, 0.05) is 18.8 Å². The van der Waals surface area contributed by atoms with Crippen LogP contribution in [-0.4, -0.2) is 28.5 Å². The third-order valence-electron chi connectivity index (χ3n) is 2.62. The number of aliphatic hydroxyl groups is 1. The van der Waals surface area contributed by atoms with E-state index in [0.717, 1.165) is 25.1 Å². The largest absolute Gasteiger partial charge is 0.396 e. The molecule has 1 aromatic heterocycles. The molecule has 0 aliphatic heterocycles. The summed E-state index contributed by atoms with van der Waals surface area (Å²) < 4.78 is 0. The van der Waals surface area contributed by atoms with E-state index in [0.29, 0.717) is 12.0 Å². The van der Waals surface area contributed by atoms with Crippen LogP contribution in [0, 0.1) is 5.92 Å². The fourth-order valence-corrected chi connectivity index (χ4v) is 1.48. The van der Waals surface area contributed by atoms with Crippen LogP contribution in [-0.2, 0) is 0 Å². The van der Waals surface area contributed by atoms with Crippen LogP contribution in [0.5, 0.6) is 0 Å². The first-order chi connectivity index (χ1) is 7.24. The Bertz CT molecular complexity index is 248. The molecule has 0 amide bonds. The molecule has 86 valence electrons. The first kappa shape index (κ1) is 12.2. The molecule has 0 radical (unpaired) electrons. The zero-order chi connectivity index (χ0) is 11.1. The summed E-state index contributed by atoms with van der Waals surface area (Å²) in [7, 11) is 0. The Kier molecular flexibility index (Phi) is 5.36. The van der Waals surface area contributed by atoms with E-state index in [4.69, 9.17) is 5.11 Å². The van der Waals surface area contributed by atoms with E-state index >= 15 is 0 Å². The monoisotopic (exact) mass is 211 g/mol. The van der Waals surface area contributed by atoms with E-state index in [1.54, 1.807) is 6.20 Å². The van der Waals surface area contributed by atoms with Crippen molar-refractivity contribution in [2.75, 3.05) is 13.2 Å². The van der Waals surface area contributed by atoms with E-state index in [9.17, 15) is 0 Å². The number of rotatable bonds is 7. The minimum atomic E-state index is 0.288. The average molecular weight is 211 g/mol. The molecule has 15 heavy (non-hydrogen) atoms. The van der Waals surface area contributed by atoms with Crippen LogP contribution in [0.4, 0.5) is 0 Å². The normalized spacial score (nSPS) is 15.1. The SMILES string of the molecule is CC(CO)CCCNC(C)c1ccn[nH]1. The van der Waals surface area contributed by atoms with Gasteiger partial charge in [-0.2, -0.15) is 5.10 Å². The molecule has 1 heterocycles. The second-order valence-corrected chi connectivity index (χ2v) is 4.12. The smallest absolute Gasteiger partial charge is 0.0518 e. The molecule has 4 nitrogen and oxygen atoms in total. The van der Waals surface area contributed by atoms with Crippen molar-refractivity contribution >= 4 is 0 Å². The van der Waals surface area contributed by atoms with Gasteiger partial charge in [-0.15, -0.1) is 0 Å². The van der Waals surface area contributed by atoms with E-state index in [1.165, 1.54) is 0 Å². The van der Waals surface area contributed by atoms with Gasteiger partial charge in [-0.1, -0.05) is 6.92 Å². The topological polar surface area (TPSA) is 60.9 Å². The Morgan fingerprint density at radius 1 is 1.53 bits per heavy atom. The van der Waals surface area contributed by atoms with Crippen molar-refractivity contribution < 1.29 is 5.11 Å². The van der Waals surface area contributed by atoms with Gasteiger partial charge in [0.1, 0.15) is 0 Å². The third-order valence-corrected chi connectivity index (χ3v) is 2.62. The molecule has 2 atom stereocenters. The zero-order valence-electron chi connectivity index (χ0n) is 9.53. The molecule has 0 spiro atoms. The van der Waals surface area contributed by atoms with Crippen LogP contribution in [0.3, 0.4) is 0 Å². The highest BCUT2D eigenvalue weighted by Crippen LogP contribution is 2.08. The molecular weight excluding hydrogens is 190 g/mol. The van der Waals surface area contributed by atoms with E-state index in [-0.39, 0.29) is 6.61 Å². The molecule has 0 aliphatic carbocycles. The quantitative estimate of drug-likeness (QED) is 0.598. The van der Waals surface area contributed by atoms with Gasteiger partial charge in [-0.25, -0.2) is 0 Å². The van der Waals surface area contributed by atoms with Crippen LogP contribution in [0.1, 0.15) is 38.4 Å². The molecule has 0 aromatic carbocycles. The Morgan fingerprint density at radius 3 is 2.93 bits per heavy atom. The zero-order valence-corrected chi connectivity index (χ0v) is 9.53. The maximum atomic E-state index is 8.86. The molecule has 2 unspecified atom stereocenters. The lowest BCUT2D eigenvalue weighted by Crippen LogP contribution is -2.20. The lowest BCUT2D eigenvalue weighted by atomic mass is 10.1. The third kappa shape index (κ3) is 4.44. The van der Waals surface area contributed by atoms with Gasteiger partial charge in [-0.3, -0.25) is 5.10 Å². The minimum Gasteiger partial charge on any atom is -0.396 e. The predicted molar refractivity (Wildman–Crippen MR) is 60.5 cm³/mol. The summed E-state index contributed by atoms with van der Waals surface area (Å²) in [5.41, 5.74) is 1.12. The molecule has 1 aromatic rings. The van der Waals surface area contributed by atoms with Crippen molar-refractivity contribution in [1.82, 2.24) is 15.5 Å². The fourth-order valence-electron chi connectivity index (χ4n) is 1.48. The fraction of sp³-hybridized carbons (Fsp3) is 0.727. The van der Waals surface area contributed by atoms with Crippen LogP contribution in [0.25, 0.3) is 0 Å². The summed E-state index contributed by atoms with van der Waals surface area (Å²) in [5, 5.41) is 19.1.